The third kappa shape index (κ3) is 50.7. The van der Waals surface area contributed by atoms with E-state index in [9.17, 15) is 20.1 Å². The van der Waals surface area contributed by atoms with Gasteiger partial charge < -0.3 is 20.6 Å². The molecule has 4 N–H and O–H groups in total. The Hall–Kier alpha value is -1.17. The first kappa shape index (κ1) is 64.8. The standard InChI is InChI=1S/C61H119NO4/c1-3-5-7-9-11-13-15-17-19-20-21-22-23-24-25-26-27-28-29-30-31-32-33-34-35-36-37-38-39-40-42-44-46-48-50-52-54-56-60(65)62-58(57-63)61(66)59(64)55-53-51-49-47-45-43-41-18-16-14-12-10-8-6-4-2/h25-26,28-29,58-59,61,63-64,66H,3-24,27,30-57H2,1-2H3,(H,62,65)/b26-25-,29-28-. The molecule has 0 aliphatic heterocycles. The molecule has 0 aliphatic rings. The summed E-state index contributed by atoms with van der Waals surface area (Å²) in [5.41, 5.74) is 0. The average Bonchev–Trinajstić information content (AvgIpc) is 3.32. The first-order chi connectivity index (χ1) is 32.6. The van der Waals surface area contributed by atoms with E-state index in [2.05, 4.69) is 43.5 Å². The fourth-order valence-corrected chi connectivity index (χ4v) is 9.67. The lowest BCUT2D eigenvalue weighted by Gasteiger charge is -2.26. The molecule has 0 aliphatic carbocycles. The molecule has 0 spiro atoms. The molecule has 3 atom stereocenters. The van der Waals surface area contributed by atoms with Gasteiger partial charge in [0.05, 0.1) is 18.8 Å². The van der Waals surface area contributed by atoms with Gasteiger partial charge in [0.25, 0.3) is 0 Å². The minimum atomic E-state index is -1.13. The number of unbranched alkanes of at least 4 members (excludes halogenated alkanes) is 44. The number of carbonyl (C=O) groups is 1. The number of nitrogens with one attached hydrogen (secondary N) is 1. The minimum Gasteiger partial charge on any atom is -0.394 e. The molecule has 1 amide bonds. The molecule has 0 rings (SSSR count). The Morgan fingerprint density at radius 3 is 0.955 bits per heavy atom. The number of aliphatic hydroxyl groups is 3. The van der Waals surface area contributed by atoms with Crippen molar-refractivity contribution in [2.45, 2.75) is 353 Å². The summed E-state index contributed by atoms with van der Waals surface area (Å²) < 4.78 is 0. The molecule has 0 bridgehead atoms. The summed E-state index contributed by atoms with van der Waals surface area (Å²) in [7, 11) is 0. The van der Waals surface area contributed by atoms with Crippen LogP contribution in [0.25, 0.3) is 0 Å². The van der Waals surface area contributed by atoms with Gasteiger partial charge in [-0.05, 0) is 44.9 Å². The first-order valence-electron chi connectivity index (χ1n) is 30.1. The van der Waals surface area contributed by atoms with E-state index in [1.54, 1.807) is 0 Å². The molecule has 3 unspecified atom stereocenters. The smallest absolute Gasteiger partial charge is 0.220 e. The number of amides is 1. The maximum atomic E-state index is 12.5. The monoisotopic (exact) mass is 930 g/mol. The maximum absolute atomic E-state index is 12.5. The van der Waals surface area contributed by atoms with Crippen molar-refractivity contribution in [3.63, 3.8) is 0 Å². The summed E-state index contributed by atoms with van der Waals surface area (Å²) in [6, 6.07) is -0.807. The van der Waals surface area contributed by atoms with Crippen molar-refractivity contribution >= 4 is 5.91 Å². The molecular formula is C61H119NO4. The molecule has 66 heavy (non-hydrogen) atoms. The number of hydrogen-bond acceptors (Lipinski definition) is 4. The Bertz CT molecular complexity index is 982. The minimum absolute atomic E-state index is 0.139. The van der Waals surface area contributed by atoms with Gasteiger partial charge in [-0.15, -0.1) is 0 Å². The fraction of sp³-hybridized carbons (Fsp3) is 0.918. The van der Waals surface area contributed by atoms with Crippen LogP contribution in [0.15, 0.2) is 24.3 Å². The van der Waals surface area contributed by atoms with Crippen molar-refractivity contribution in [1.82, 2.24) is 5.32 Å². The van der Waals surface area contributed by atoms with Gasteiger partial charge in [-0.1, -0.05) is 308 Å². The van der Waals surface area contributed by atoms with Gasteiger partial charge in [0.2, 0.25) is 5.91 Å². The molecule has 0 saturated carbocycles. The molecule has 5 heteroatoms. The lowest BCUT2D eigenvalue weighted by Crippen LogP contribution is -2.50. The summed E-state index contributed by atoms with van der Waals surface area (Å²) >= 11 is 0. The van der Waals surface area contributed by atoms with E-state index in [0.717, 1.165) is 44.9 Å². The van der Waals surface area contributed by atoms with Crippen LogP contribution in [-0.2, 0) is 4.79 Å². The zero-order valence-electron chi connectivity index (χ0n) is 44.9. The first-order valence-corrected chi connectivity index (χ1v) is 30.1. The Kier molecular flexibility index (Phi) is 55.4. The average molecular weight is 931 g/mol. The molecule has 0 aromatic rings. The third-order valence-electron chi connectivity index (χ3n) is 14.3. The molecule has 0 radical (unpaired) electrons. The summed E-state index contributed by atoms with van der Waals surface area (Å²) in [5, 5.41) is 33.7. The highest BCUT2D eigenvalue weighted by molar-refractivity contribution is 5.76. The van der Waals surface area contributed by atoms with Crippen LogP contribution in [0.1, 0.15) is 335 Å². The number of aliphatic hydroxyl groups excluding tert-OH is 3. The van der Waals surface area contributed by atoms with E-state index < -0.39 is 18.2 Å². The van der Waals surface area contributed by atoms with E-state index in [-0.39, 0.29) is 12.5 Å². The maximum Gasteiger partial charge on any atom is 0.220 e. The molecule has 0 saturated heterocycles. The Morgan fingerprint density at radius 1 is 0.379 bits per heavy atom. The summed E-state index contributed by atoms with van der Waals surface area (Å²) in [6.45, 7) is 4.21. The number of carbonyl (C=O) groups excluding carboxylic acids is 1. The summed E-state index contributed by atoms with van der Waals surface area (Å²) in [5.74, 6) is -0.139. The van der Waals surface area contributed by atoms with Crippen LogP contribution in [0.5, 0.6) is 0 Å². The third-order valence-corrected chi connectivity index (χ3v) is 14.3. The van der Waals surface area contributed by atoms with Crippen molar-refractivity contribution in [3.8, 4) is 0 Å². The van der Waals surface area contributed by atoms with Crippen LogP contribution in [-0.4, -0.2) is 46.1 Å². The van der Waals surface area contributed by atoms with Crippen LogP contribution < -0.4 is 5.32 Å². The molecule has 0 aromatic heterocycles. The van der Waals surface area contributed by atoms with Gasteiger partial charge in [-0.25, -0.2) is 0 Å². The van der Waals surface area contributed by atoms with Gasteiger partial charge in [0.15, 0.2) is 0 Å². The topological polar surface area (TPSA) is 89.8 Å². The van der Waals surface area contributed by atoms with Crippen LogP contribution in [0.3, 0.4) is 0 Å². The Labute approximate surface area is 413 Å². The fourth-order valence-electron chi connectivity index (χ4n) is 9.67. The SMILES string of the molecule is CCCCCCCCCCCCCCC/C=C\C/C=C\CCCCCCCCCCCCCCCCCCCC(=O)NC(CO)C(O)C(O)CCCCCCCCCCCCCCCCC. The zero-order valence-corrected chi connectivity index (χ0v) is 44.9. The second-order valence-corrected chi connectivity index (χ2v) is 20.9. The van der Waals surface area contributed by atoms with Crippen LogP contribution in [0.2, 0.25) is 0 Å². The molecule has 0 heterocycles. The van der Waals surface area contributed by atoms with Crippen molar-refractivity contribution in [3.05, 3.63) is 24.3 Å². The van der Waals surface area contributed by atoms with Gasteiger partial charge in [0.1, 0.15) is 6.10 Å². The van der Waals surface area contributed by atoms with Crippen molar-refractivity contribution in [2.75, 3.05) is 6.61 Å². The highest BCUT2D eigenvalue weighted by Gasteiger charge is 2.26. The van der Waals surface area contributed by atoms with Gasteiger partial charge in [-0.3, -0.25) is 4.79 Å². The highest BCUT2D eigenvalue weighted by atomic mass is 16.3. The molecule has 392 valence electrons. The predicted octanol–water partition coefficient (Wildman–Crippen LogP) is 18.8. The predicted molar refractivity (Wildman–Crippen MR) is 292 cm³/mol. The number of allylic oxidation sites excluding steroid dienone is 4. The van der Waals surface area contributed by atoms with E-state index in [1.165, 1.54) is 263 Å². The van der Waals surface area contributed by atoms with E-state index >= 15 is 0 Å². The van der Waals surface area contributed by atoms with Crippen molar-refractivity contribution < 1.29 is 20.1 Å². The quantitative estimate of drug-likeness (QED) is 0.0361. The molecular weight excluding hydrogens is 811 g/mol. The van der Waals surface area contributed by atoms with Crippen LogP contribution in [0.4, 0.5) is 0 Å². The van der Waals surface area contributed by atoms with E-state index in [4.69, 9.17) is 0 Å². The number of hydrogen-bond donors (Lipinski definition) is 4. The Balaban J connectivity index is 3.46. The lowest BCUT2D eigenvalue weighted by molar-refractivity contribution is -0.124. The second-order valence-electron chi connectivity index (χ2n) is 20.9. The highest BCUT2D eigenvalue weighted by Crippen LogP contribution is 2.18. The second kappa shape index (κ2) is 56.4. The summed E-state index contributed by atoms with van der Waals surface area (Å²) in [4.78, 5) is 12.5. The van der Waals surface area contributed by atoms with Gasteiger partial charge in [0, 0.05) is 6.42 Å². The van der Waals surface area contributed by atoms with Crippen LogP contribution in [0, 0.1) is 0 Å². The van der Waals surface area contributed by atoms with Crippen molar-refractivity contribution in [2.24, 2.45) is 0 Å². The van der Waals surface area contributed by atoms with Gasteiger partial charge >= 0.3 is 0 Å². The van der Waals surface area contributed by atoms with E-state index in [0.29, 0.717) is 12.8 Å². The lowest BCUT2D eigenvalue weighted by atomic mass is 9.99. The van der Waals surface area contributed by atoms with Gasteiger partial charge in [-0.2, -0.15) is 0 Å². The van der Waals surface area contributed by atoms with Crippen molar-refractivity contribution in [1.29, 1.82) is 0 Å². The van der Waals surface area contributed by atoms with E-state index in [1.807, 2.05) is 0 Å². The molecule has 5 nitrogen and oxygen atoms in total. The van der Waals surface area contributed by atoms with Crippen LogP contribution >= 0.6 is 0 Å². The number of rotatable bonds is 56. The Morgan fingerprint density at radius 2 is 0.652 bits per heavy atom. The largest absolute Gasteiger partial charge is 0.394 e. The normalized spacial score (nSPS) is 13.3. The molecule has 0 fully saturated rings. The summed E-state index contributed by atoms with van der Waals surface area (Å²) in [6.07, 6.45) is 72.2. The molecule has 0 aromatic carbocycles. The zero-order chi connectivity index (χ0) is 47.9.